The van der Waals surface area contributed by atoms with E-state index in [1.54, 1.807) is 0 Å². The predicted molar refractivity (Wildman–Crippen MR) is 126 cm³/mol. The zero-order valence-electron chi connectivity index (χ0n) is 18.2. The van der Waals surface area contributed by atoms with Crippen LogP contribution in [-0.4, -0.2) is 69.0 Å². The highest BCUT2D eigenvalue weighted by Gasteiger charge is 2.34. The lowest BCUT2D eigenvalue weighted by Gasteiger charge is -2.27. The summed E-state index contributed by atoms with van der Waals surface area (Å²) in [4.78, 5) is 6.15. The minimum absolute atomic E-state index is 0. The van der Waals surface area contributed by atoms with E-state index in [1.165, 1.54) is 4.90 Å². The average molecular weight is 556 g/mol. The number of ether oxygens (including phenoxy) is 2. The fraction of sp³-hybridized carbons (Fsp3) is 0.667. The van der Waals surface area contributed by atoms with Crippen LogP contribution in [0.3, 0.4) is 0 Å². The molecule has 2 aliphatic rings. The molecule has 0 saturated carbocycles. The van der Waals surface area contributed by atoms with Crippen LogP contribution in [0, 0.1) is 0 Å². The zero-order chi connectivity index (χ0) is 21.8. The first-order valence-electron chi connectivity index (χ1n) is 10.4. The van der Waals surface area contributed by atoms with Gasteiger partial charge >= 0.3 is 6.18 Å². The van der Waals surface area contributed by atoms with Gasteiger partial charge in [0.15, 0.2) is 17.5 Å². The van der Waals surface area contributed by atoms with Gasteiger partial charge in [-0.25, -0.2) is 0 Å². The Labute approximate surface area is 199 Å². The molecule has 0 amide bonds. The summed E-state index contributed by atoms with van der Waals surface area (Å²) in [5.74, 6) is 2.13. The molecule has 0 aromatic heterocycles. The lowest BCUT2D eigenvalue weighted by molar-refractivity contribution is -0.143. The van der Waals surface area contributed by atoms with Gasteiger partial charge in [-0.2, -0.15) is 13.2 Å². The second-order valence-electron chi connectivity index (χ2n) is 8.42. The van der Waals surface area contributed by atoms with E-state index >= 15 is 0 Å². The Morgan fingerprint density at radius 2 is 1.90 bits per heavy atom. The van der Waals surface area contributed by atoms with E-state index in [-0.39, 0.29) is 35.4 Å². The fourth-order valence-corrected chi connectivity index (χ4v) is 3.69. The van der Waals surface area contributed by atoms with Crippen molar-refractivity contribution in [3.05, 3.63) is 23.8 Å². The van der Waals surface area contributed by atoms with Crippen LogP contribution in [-0.2, 0) is 5.41 Å². The molecule has 1 saturated heterocycles. The molecule has 176 valence electrons. The highest BCUT2D eigenvalue weighted by molar-refractivity contribution is 14.0. The van der Waals surface area contributed by atoms with Gasteiger partial charge in [0.2, 0.25) is 0 Å². The molecule has 3 rings (SSSR count). The highest BCUT2D eigenvalue weighted by atomic mass is 127. The van der Waals surface area contributed by atoms with E-state index < -0.39 is 12.7 Å². The number of fused-ring (bicyclic) bond motifs is 1. The first-order chi connectivity index (χ1) is 14.2. The number of alkyl halides is 3. The Kier molecular flexibility index (Phi) is 9.11. The first-order valence-corrected chi connectivity index (χ1v) is 10.4. The van der Waals surface area contributed by atoms with Crippen molar-refractivity contribution in [3.8, 4) is 11.5 Å². The summed E-state index contributed by atoms with van der Waals surface area (Å²) < 4.78 is 49.1. The van der Waals surface area contributed by atoms with E-state index in [9.17, 15) is 13.2 Å². The van der Waals surface area contributed by atoms with Crippen LogP contribution in [0.15, 0.2) is 23.2 Å². The Balaban J connectivity index is 0.00000341. The minimum Gasteiger partial charge on any atom is -0.486 e. The van der Waals surface area contributed by atoms with Crippen molar-refractivity contribution >= 4 is 29.9 Å². The standard InChI is InChI=1S/C21H31F3N4O2.HI/c1-4-25-19(27-16-7-8-28(12-16)14-21(22,23)24)26-13-20(2,3)15-5-6-17-18(11-15)30-10-9-29-17;/h5-6,11,16H,4,7-10,12-14H2,1-3H3,(H2,25,26,27);1H. The number of benzene rings is 1. The van der Waals surface area contributed by atoms with Crippen molar-refractivity contribution in [3.63, 3.8) is 0 Å². The predicted octanol–water partition coefficient (Wildman–Crippen LogP) is 3.55. The van der Waals surface area contributed by atoms with Gasteiger partial charge in [-0.15, -0.1) is 24.0 Å². The topological polar surface area (TPSA) is 58.1 Å². The Hall–Kier alpha value is -1.43. The van der Waals surface area contributed by atoms with Crippen LogP contribution in [0.25, 0.3) is 0 Å². The van der Waals surface area contributed by atoms with Gasteiger partial charge in [-0.05, 0) is 31.0 Å². The van der Waals surface area contributed by atoms with Crippen LogP contribution in [0.4, 0.5) is 13.2 Å². The third kappa shape index (κ3) is 7.58. The molecule has 2 aliphatic heterocycles. The van der Waals surface area contributed by atoms with Crippen LogP contribution >= 0.6 is 24.0 Å². The van der Waals surface area contributed by atoms with Crippen molar-refractivity contribution in [2.24, 2.45) is 4.99 Å². The molecular weight excluding hydrogens is 524 g/mol. The van der Waals surface area contributed by atoms with Crippen LogP contribution in [0.1, 0.15) is 32.8 Å². The average Bonchev–Trinajstić information content (AvgIpc) is 3.11. The summed E-state index contributed by atoms with van der Waals surface area (Å²) in [7, 11) is 0. The Bertz CT molecular complexity index is 759. The van der Waals surface area contributed by atoms with Crippen molar-refractivity contribution in [1.29, 1.82) is 0 Å². The van der Waals surface area contributed by atoms with E-state index in [2.05, 4.69) is 24.5 Å². The van der Waals surface area contributed by atoms with Gasteiger partial charge in [0.1, 0.15) is 13.2 Å². The molecule has 2 heterocycles. The normalized spacial score (nSPS) is 19.7. The molecule has 0 spiro atoms. The van der Waals surface area contributed by atoms with Gasteiger partial charge in [0, 0.05) is 31.1 Å². The van der Waals surface area contributed by atoms with E-state index in [1.807, 2.05) is 25.1 Å². The molecule has 6 nitrogen and oxygen atoms in total. The maximum Gasteiger partial charge on any atom is 0.401 e. The number of nitrogens with one attached hydrogen (secondary N) is 2. The van der Waals surface area contributed by atoms with Crippen molar-refractivity contribution in [2.75, 3.05) is 45.9 Å². The number of halogens is 4. The van der Waals surface area contributed by atoms with Crippen LogP contribution < -0.4 is 20.1 Å². The molecule has 2 N–H and O–H groups in total. The number of guanidine groups is 1. The van der Waals surface area contributed by atoms with Crippen molar-refractivity contribution in [1.82, 2.24) is 15.5 Å². The van der Waals surface area contributed by atoms with Gasteiger partial charge in [0.25, 0.3) is 0 Å². The molecule has 0 aliphatic carbocycles. The van der Waals surface area contributed by atoms with E-state index in [4.69, 9.17) is 14.5 Å². The molecule has 0 bridgehead atoms. The number of hydrogen-bond donors (Lipinski definition) is 2. The molecule has 1 unspecified atom stereocenters. The summed E-state index contributed by atoms with van der Waals surface area (Å²) in [5.41, 5.74) is 0.833. The molecular formula is C21H32F3IN4O2. The highest BCUT2D eigenvalue weighted by Crippen LogP contribution is 2.35. The molecule has 10 heteroatoms. The maximum atomic E-state index is 12.6. The van der Waals surface area contributed by atoms with E-state index in [0.717, 1.165) is 17.1 Å². The summed E-state index contributed by atoms with van der Waals surface area (Å²) in [6.07, 6.45) is -3.51. The number of nitrogens with zero attached hydrogens (tertiary/aromatic N) is 2. The molecule has 31 heavy (non-hydrogen) atoms. The second-order valence-corrected chi connectivity index (χ2v) is 8.42. The largest absolute Gasteiger partial charge is 0.486 e. The first kappa shape index (κ1) is 25.8. The van der Waals surface area contributed by atoms with Crippen LogP contribution in [0.5, 0.6) is 11.5 Å². The third-order valence-electron chi connectivity index (χ3n) is 5.32. The lowest BCUT2D eigenvalue weighted by Crippen LogP contribution is -2.45. The number of hydrogen-bond acceptors (Lipinski definition) is 4. The lowest BCUT2D eigenvalue weighted by atomic mass is 9.84. The monoisotopic (exact) mass is 556 g/mol. The smallest absolute Gasteiger partial charge is 0.401 e. The SMILES string of the molecule is CCNC(=NCC(C)(C)c1ccc2c(c1)OCCO2)NC1CCN(CC(F)(F)F)C1.I. The summed E-state index contributed by atoms with van der Waals surface area (Å²) in [6, 6.07) is 5.89. The van der Waals surface area contributed by atoms with Gasteiger partial charge in [-0.1, -0.05) is 19.9 Å². The van der Waals surface area contributed by atoms with Gasteiger partial charge in [0.05, 0.1) is 13.1 Å². The maximum absolute atomic E-state index is 12.6. The van der Waals surface area contributed by atoms with Gasteiger partial charge < -0.3 is 20.1 Å². The quantitative estimate of drug-likeness (QED) is 0.319. The third-order valence-corrected chi connectivity index (χ3v) is 5.32. The molecule has 1 atom stereocenters. The molecule has 0 radical (unpaired) electrons. The van der Waals surface area contributed by atoms with Crippen LogP contribution in [0.2, 0.25) is 0 Å². The van der Waals surface area contributed by atoms with E-state index in [0.29, 0.717) is 51.8 Å². The Morgan fingerprint density at radius 3 is 2.58 bits per heavy atom. The molecule has 1 aromatic carbocycles. The summed E-state index contributed by atoms with van der Waals surface area (Å²) in [5, 5.41) is 6.49. The number of rotatable bonds is 6. The minimum atomic E-state index is -4.17. The number of aliphatic imine (C=N–C) groups is 1. The Morgan fingerprint density at radius 1 is 1.19 bits per heavy atom. The zero-order valence-corrected chi connectivity index (χ0v) is 20.5. The summed E-state index contributed by atoms with van der Waals surface area (Å²) >= 11 is 0. The summed E-state index contributed by atoms with van der Waals surface area (Å²) in [6.45, 7) is 8.38. The van der Waals surface area contributed by atoms with Crippen molar-refractivity contribution < 1.29 is 22.6 Å². The van der Waals surface area contributed by atoms with Crippen molar-refractivity contribution in [2.45, 2.75) is 44.8 Å². The fourth-order valence-electron chi connectivity index (χ4n) is 3.69. The molecule has 1 fully saturated rings. The van der Waals surface area contributed by atoms with Gasteiger partial charge in [-0.3, -0.25) is 9.89 Å². The number of likely N-dealkylation sites (tertiary alicyclic amines) is 1. The second kappa shape index (κ2) is 10.9. The molecule has 1 aromatic rings.